The third-order valence-corrected chi connectivity index (χ3v) is 5.22. The monoisotopic (exact) mass is 352 g/mol. The molecule has 0 amide bonds. The fraction of sp³-hybridized carbons (Fsp3) is 0.300. The summed E-state index contributed by atoms with van der Waals surface area (Å²) >= 11 is 5.53. The van der Waals surface area contributed by atoms with Crippen molar-refractivity contribution in [3.05, 3.63) is 19.9 Å². The quantitative estimate of drug-likeness (QED) is 0.600. The summed E-state index contributed by atoms with van der Waals surface area (Å²) in [5.41, 5.74) is 0.703. The first-order chi connectivity index (χ1) is 7.09. The molecule has 2 rings (SSSR count). The fourth-order valence-electron chi connectivity index (χ4n) is 1.25. The number of fused-ring (bicyclic) bond motifs is 1. The van der Waals surface area contributed by atoms with E-state index < -0.39 is 0 Å². The Hall–Kier alpha value is -0.140. The van der Waals surface area contributed by atoms with E-state index in [1.807, 2.05) is 19.2 Å². The molecule has 0 aliphatic carbocycles. The molecule has 2 aromatic rings. The van der Waals surface area contributed by atoms with Crippen molar-refractivity contribution >= 4 is 60.6 Å². The van der Waals surface area contributed by atoms with Crippen LogP contribution in [0, 0.1) is 3.57 Å². The summed E-state index contributed by atoms with van der Waals surface area (Å²) in [6, 6.07) is 0. The van der Waals surface area contributed by atoms with Crippen molar-refractivity contribution in [1.29, 1.82) is 0 Å². The number of ether oxygens (including phenoxy) is 1. The van der Waals surface area contributed by atoms with E-state index in [1.54, 1.807) is 22.7 Å². The Morgan fingerprint density at radius 1 is 1.40 bits per heavy atom. The zero-order valence-electron chi connectivity index (χ0n) is 8.24. The van der Waals surface area contributed by atoms with E-state index in [1.165, 1.54) is 4.01 Å². The predicted molar refractivity (Wildman–Crippen MR) is 73.0 cm³/mol. The minimum atomic E-state index is -0.215. The van der Waals surface area contributed by atoms with Gasteiger partial charge in [-0.2, -0.15) is 0 Å². The molecular weight excluding hydrogens is 343 g/mol. The summed E-state index contributed by atoms with van der Waals surface area (Å²) in [5, 5.41) is 5.00. The van der Waals surface area contributed by atoms with Gasteiger partial charge in [0.1, 0.15) is 0 Å². The molecular formula is C10H9IO2S2. The highest BCUT2D eigenvalue weighted by Crippen LogP contribution is 2.35. The van der Waals surface area contributed by atoms with Crippen LogP contribution >= 0.6 is 45.3 Å². The van der Waals surface area contributed by atoms with E-state index in [-0.39, 0.29) is 12.1 Å². The second-order valence-corrected chi connectivity index (χ2v) is 6.53. The zero-order valence-corrected chi connectivity index (χ0v) is 12.0. The number of halogens is 1. The number of thiophene rings is 2. The molecule has 0 bridgehead atoms. The Kier molecular flexibility index (Phi) is 3.32. The van der Waals surface area contributed by atoms with E-state index in [9.17, 15) is 4.79 Å². The van der Waals surface area contributed by atoms with Gasteiger partial charge < -0.3 is 4.74 Å². The van der Waals surface area contributed by atoms with Gasteiger partial charge in [0.05, 0.1) is 15.7 Å². The van der Waals surface area contributed by atoms with Gasteiger partial charge in [0, 0.05) is 19.7 Å². The third kappa shape index (κ3) is 2.19. The highest BCUT2D eigenvalue weighted by Gasteiger charge is 2.17. The predicted octanol–water partition coefficient (Wildman–Crippen LogP) is 4.13. The van der Waals surface area contributed by atoms with Crippen molar-refractivity contribution in [2.45, 2.75) is 20.0 Å². The summed E-state index contributed by atoms with van der Waals surface area (Å²) in [6.45, 7) is 3.72. The number of hydrogen-bond donors (Lipinski definition) is 0. The Balaban J connectivity index is 2.43. The van der Waals surface area contributed by atoms with Crippen LogP contribution in [-0.4, -0.2) is 12.1 Å². The van der Waals surface area contributed by atoms with Crippen LogP contribution in [0.15, 0.2) is 10.8 Å². The van der Waals surface area contributed by atoms with Gasteiger partial charge in [0.15, 0.2) is 0 Å². The Bertz CT molecular complexity index is 498. The molecule has 0 aliphatic rings. The average Bonchev–Trinajstić information content (AvgIpc) is 2.68. The van der Waals surface area contributed by atoms with Crippen molar-refractivity contribution in [3.63, 3.8) is 0 Å². The first-order valence-corrected chi connectivity index (χ1v) is 7.28. The summed E-state index contributed by atoms with van der Waals surface area (Å²) in [6.07, 6.45) is -0.0660. The summed E-state index contributed by atoms with van der Waals surface area (Å²) in [5.74, 6) is -0.215. The molecule has 2 nitrogen and oxygen atoms in total. The van der Waals surface area contributed by atoms with E-state index in [2.05, 4.69) is 28.0 Å². The van der Waals surface area contributed by atoms with Gasteiger partial charge in [0.25, 0.3) is 0 Å². The molecule has 0 saturated heterocycles. The van der Waals surface area contributed by atoms with Crippen LogP contribution in [0.1, 0.15) is 24.2 Å². The maximum absolute atomic E-state index is 11.8. The highest BCUT2D eigenvalue weighted by atomic mass is 127. The molecule has 0 saturated carbocycles. The first kappa shape index (κ1) is 11.3. The maximum Gasteiger partial charge on any atom is 0.339 e. The standard InChI is InChI=1S/C10H9IO2S2/c1-5(2)13-9(12)6-3-14-10-8(6)7(11)4-15-10/h3-5H,1-2H3. The third-order valence-electron chi connectivity index (χ3n) is 1.83. The molecule has 0 atom stereocenters. The van der Waals surface area contributed by atoms with Gasteiger partial charge in [-0.25, -0.2) is 4.79 Å². The summed E-state index contributed by atoms with van der Waals surface area (Å²) in [7, 11) is 0. The van der Waals surface area contributed by atoms with Crippen molar-refractivity contribution < 1.29 is 9.53 Å². The van der Waals surface area contributed by atoms with E-state index in [0.717, 1.165) is 8.96 Å². The summed E-state index contributed by atoms with van der Waals surface area (Å²) in [4.78, 5) is 11.8. The minimum absolute atomic E-state index is 0.0660. The molecule has 0 N–H and O–H groups in total. The van der Waals surface area contributed by atoms with Crippen LogP contribution in [-0.2, 0) is 4.74 Å². The lowest BCUT2D eigenvalue weighted by Gasteiger charge is -2.06. The van der Waals surface area contributed by atoms with E-state index >= 15 is 0 Å². The fourth-order valence-corrected chi connectivity index (χ4v) is 4.51. The van der Waals surface area contributed by atoms with Gasteiger partial charge in [-0.15, -0.1) is 22.7 Å². The van der Waals surface area contributed by atoms with Gasteiger partial charge >= 0.3 is 5.97 Å². The zero-order chi connectivity index (χ0) is 11.0. The van der Waals surface area contributed by atoms with E-state index in [4.69, 9.17) is 4.74 Å². The van der Waals surface area contributed by atoms with Crippen molar-refractivity contribution in [2.75, 3.05) is 0 Å². The molecule has 2 heterocycles. The number of rotatable bonds is 2. The molecule has 15 heavy (non-hydrogen) atoms. The average molecular weight is 352 g/mol. The second kappa shape index (κ2) is 4.39. The number of carbonyl (C=O) groups is 1. The lowest BCUT2D eigenvalue weighted by Crippen LogP contribution is -2.11. The van der Waals surface area contributed by atoms with Crippen LogP contribution in [0.4, 0.5) is 0 Å². The SMILES string of the molecule is CC(C)OC(=O)c1csc2scc(I)c12. The van der Waals surface area contributed by atoms with Crippen molar-refractivity contribution in [2.24, 2.45) is 0 Å². The number of carbonyl (C=O) groups excluding carboxylic acids is 1. The second-order valence-electron chi connectivity index (χ2n) is 3.35. The molecule has 0 radical (unpaired) electrons. The molecule has 0 spiro atoms. The number of esters is 1. The van der Waals surface area contributed by atoms with Crippen molar-refractivity contribution in [1.82, 2.24) is 0 Å². The lowest BCUT2D eigenvalue weighted by atomic mass is 10.2. The normalized spacial score (nSPS) is 11.2. The molecule has 0 unspecified atom stereocenters. The first-order valence-electron chi connectivity index (χ1n) is 4.44. The summed E-state index contributed by atoms with van der Waals surface area (Å²) < 4.78 is 7.52. The lowest BCUT2D eigenvalue weighted by molar-refractivity contribution is 0.0381. The minimum Gasteiger partial charge on any atom is -0.459 e. The molecule has 5 heteroatoms. The van der Waals surface area contributed by atoms with Crippen LogP contribution in [0.2, 0.25) is 0 Å². The van der Waals surface area contributed by atoms with Gasteiger partial charge in [-0.3, -0.25) is 0 Å². The van der Waals surface area contributed by atoms with Gasteiger partial charge in [-0.1, -0.05) is 0 Å². The van der Waals surface area contributed by atoms with Crippen LogP contribution < -0.4 is 0 Å². The smallest absolute Gasteiger partial charge is 0.339 e. The van der Waals surface area contributed by atoms with E-state index in [0.29, 0.717) is 5.56 Å². The van der Waals surface area contributed by atoms with Crippen LogP contribution in [0.5, 0.6) is 0 Å². The molecule has 0 fully saturated rings. The highest BCUT2D eigenvalue weighted by molar-refractivity contribution is 14.1. The van der Waals surface area contributed by atoms with Crippen molar-refractivity contribution in [3.8, 4) is 0 Å². The van der Waals surface area contributed by atoms with Gasteiger partial charge in [-0.05, 0) is 36.4 Å². The topological polar surface area (TPSA) is 26.3 Å². The Morgan fingerprint density at radius 3 is 2.73 bits per heavy atom. The molecule has 80 valence electrons. The maximum atomic E-state index is 11.8. The molecule has 0 aliphatic heterocycles. The molecule has 0 aromatic carbocycles. The van der Waals surface area contributed by atoms with Crippen LogP contribution in [0.25, 0.3) is 9.40 Å². The number of hydrogen-bond acceptors (Lipinski definition) is 4. The van der Waals surface area contributed by atoms with Gasteiger partial charge in [0.2, 0.25) is 0 Å². The Labute approximate surface area is 109 Å². The molecule has 2 aromatic heterocycles. The largest absolute Gasteiger partial charge is 0.459 e. The Morgan fingerprint density at radius 2 is 2.07 bits per heavy atom. The van der Waals surface area contributed by atoms with Crippen LogP contribution in [0.3, 0.4) is 0 Å².